The van der Waals surface area contributed by atoms with Crippen molar-refractivity contribution in [1.29, 1.82) is 0 Å². The number of hydrogen-bond acceptors (Lipinski definition) is 2. The molecule has 0 aliphatic heterocycles. The van der Waals surface area contributed by atoms with Crippen LogP contribution < -0.4 is 5.32 Å². The number of carbonyl (C=O) groups is 1. The molecule has 0 heterocycles. The van der Waals surface area contributed by atoms with E-state index in [0.29, 0.717) is 5.56 Å². The summed E-state index contributed by atoms with van der Waals surface area (Å²) in [6.45, 7) is -0.233. The molecule has 0 aliphatic rings. The highest BCUT2D eigenvalue weighted by Crippen LogP contribution is 2.22. The Morgan fingerprint density at radius 1 is 1.19 bits per heavy atom. The minimum Gasteiger partial charge on any atom is -0.480 e. The van der Waals surface area contributed by atoms with Crippen LogP contribution in [-0.2, 0) is 11.3 Å². The van der Waals surface area contributed by atoms with Crippen molar-refractivity contribution >= 4 is 21.9 Å². The standard InChI is InChI=1S/C15H12BrF2NO2/c16-11-6-7-12(17)10(13(11)18)8-19-14(15(20)21)9-4-2-1-3-5-9/h1-7,14,19H,8H2,(H,20,21). The zero-order chi connectivity index (χ0) is 15.4. The molecule has 21 heavy (non-hydrogen) atoms. The molecule has 0 saturated heterocycles. The Morgan fingerprint density at radius 2 is 1.86 bits per heavy atom. The van der Waals surface area contributed by atoms with E-state index in [0.717, 1.165) is 6.07 Å². The van der Waals surface area contributed by atoms with Gasteiger partial charge in [-0.1, -0.05) is 30.3 Å². The zero-order valence-electron chi connectivity index (χ0n) is 10.8. The average molecular weight is 356 g/mol. The first-order chi connectivity index (χ1) is 10.0. The molecule has 2 rings (SSSR count). The number of rotatable bonds is 5. The maximum absolute atomic E-state index is 13.8. The lowest BCUT2D eigenvalue weighted by molar-refractivity contribution is -0.139. The lowest BCUT2D eigenvalue weighted by Crippen LogP contribution is -2.28. The molecule has 0 bridgehead atoms. The minimum absolute atomic E-state index is 0.132. The van der Waals surface area contributed by atoms with E-state index in [-0.39, 0.29) is 16.6 Å². The Morgan fingerprint density at radius 3 is 2.48 bits per heavy atom. The minimum atomic E-state index is -1.11. The molecule has 0 aromatic heterocycles. The first-order valence-corrected chi connectivity index (χ1v) is 6.93. The largest absolute Gasteiger partial charge is 0.480 e. The van der Waals surface area contributed by atoms with Gasteiger partial charge in [-0.15, -0.1) is 0 Å². The maximum Gasteiger partial charge on any atom is 0.325 e. The highest BCUT2D eigenvalue weighted by molar-refractivity contribution is 9.10. The van der Waals surface area contributed by atoms with Gasteiger partial charge < -0.3 is 5.11 Å². The number of nitrogens with one attached hydrogen (secondary N) is 1. The van der Waals surface area contributed by atoms with Crippen LogP contribution in [0.15, 0.2) is 46.9 Å². The average Bonchev–Trinajstić information content (AvgIpc) is 2.47. The SMILES string of the molecule is O=C(O)C(NCc1c(F)ccc(Br)c1F)c1ccccc1. The van der Waals surface area contributed by atoms with Gasteiger partial charge in [0.05, 0.1) is 4.47 Å². The van der Waals surface area contributed by atoms with E-state index in [1.54, 1.807) is 30.3 Å². The zero-order valence-corrected chi connectivity index (χ0v) is 12.4. The van der Waals surface area contributed by atoms with Gasteiger partial charge in [-0.05, 0) is 33.6 Å². The van der Waals surface area contributed by atoms with Crippen molar-refractivity contribution in [2.75, 3.05) is 0 Å². The first-order valence-electron chi connectivity index (χ1n) is 6.14. The molecule has 0 saturated carbocycles. The van der Waals surface area contributed by atoms with Crippen molar-refractivity contribution in [2.45, 2.75) is 12.6 Å². The Bertz CT molecular complexity index is 650. The molecule has 1 atom stereocenters. The molecule has 0 radical (unpaired) electrons. The van der Waals surface area contributed by atoms with Gasteiger partial charge in [0.25, 0.3) is 0 Å². The van der Waals surface area contributed by atoms with Crippen LogP contribution in [0, 0.1) is 11.6 Å². The van der Waals surface area contributed by atoms with E-state index < -0.39 is 23.6 Å². The van der Waals surface area contributed by atoms with Gasteiger partial charge >= 0.3 is 5.97 Å². The number of halogens is 3. The molecule has 0 fully saturated rings. The Hall–Kier alpha value is -1.79. The summed E-state index contributed by atoms with van der Waals surface area (Å²) in [5.41, 5.74) is 0.312. The molecule has 2 N–H and O–H groups in total. The summed E-state index contributed by atoms with van der Waals surface area (Å²) in [6, 6.07) is 9.79. The third-order valence-electron chi connectivity index (χ3n) is 3.00. The summed E-state index contributed by atoms with van der Waals surface area (Å²) < 4.78 is 27.6. The summed E-state index contributed by atoms with van der Waals surface area (Å²) >= 11 is 2.98. The second-order valence-electron chi connectivity index (χ2n) is 4.38. The maximum atomic E-state index is 13.8. The van der Waals surface area contributed by atoms with E-state index in [4.69, 9.17) is 0 Å². The molecule has 0 spiro atoms. The molecule has 6 heteroatoms. The predicted molar refractivity (Wildman–Crippen MR) is 77.7 cm³/mol. The fourth-order valence-corrected chi connectivity index (χ4v) is 2.30. The van der Waals surface area contributed by atoms with E-state index in [1.165, 1.54) is 6.07 Å². The van der Waals surface area contributed by atoms with Gasteiger partial charge in [0, 0.05) is 12.1 Å². The van der Waals surface area contributed by atoms with Crippen LogP contribution in [0.1, 0.15) is 17.2 Å². The smallest absolute Gasteiger partial charge is 0.325 e. The van der Waals surface area contributed by atoms with Crippen LogP contribution in [0.25, 0.3) is 0 Å². The monoisotopic (exact) mass is 355 g/mol. The van der Waals surface area contributed by atoms with Crippen LogP contribution in [-0.4, -0.2) is 11.1 Å². The molecular formula is C15H12BrF2NO2. The molecule has 2 aromatic carbocycles. The van der Waals surface area contributed by atoms with E-state index in [9.17, 15) is 18.7 Å². The van der Waals surface area contributed by atoms with E-state index in [1.807, 2.05) is 0 Å². The number of benzene rings is 2. The van der Waals surface area contributed by atoms with Crippen molar-refractivity contribution in [3.63, 3.8) is 0 Å². The van der Waals surface area contributed by atoms with Crippen LogP contribution in [0.2, 0.25) is 0 Å². The fraction of sp³-hybridized carbons (Fsp3) is 0.133. The topological polar surface area (TPSA) is 49.3 Å². The van der Waals surface area contributed by atoms with Crippen molar-refractivity contribution in [2.24, 2.45) is 0 Å². The Kier molecular flexibility index (Phi) is 5.03. The van der Waals surface area contributed by atoms with Crippen molar-refractivity contribution in [3.05, 3.63) is 69.7 Å². The summed E-state index contributed by atoms with van der Waals surface area (Å²) in [4.78, 5) is 11.3. The quantitative estimate of drug-likeness (QED) is 0.805. The third-order valence-corrected chi connectivity index (χ3v) is 3.61. The molecular weight excluding hydrogens is 344 g/mol. The second kappa shape index (κ2) is 6.78. The molecule has 2 aromatic rings. The lowest BCUT2D eigenvalue weighted by Gasteiger charge is -2.15. The van der Waals surface area contributed by atoms with Gasteiger partial charge in [-0.25, -0.2) is 8.78 Å². The van der Waals surface area contributed by atoms with Crippen LogP contribution in [0.4, 0.5) is 8.78 Å². The fourth-order valence-electron chi connectivity index (χ4n) is 1.93. The van der Waals surface area contributed by atoms with Gasteiger partial charge in [0.15, 0.2) is 0 Å². The van der Waals surface area contributed by atoms with Crippen molar-refractivity contribution in [3.8, 4) is 0 Å². The van der Waals surface area contributed by atoms with Gasteiger partial charge in [-0.2, -0.15) is 0 Å². The number of aliphatic carboxylic acids is 1. The normalized spacial score (nSPS) is 12.1. The van der Waals surface area contributed by atoms with Crippen LogP contribution >= 0.6 is 15.9 Å². The number of carboxylic acids is 1. The number of carboxylic acid groups (broad SMARTS) is 1. The van der Waals surface area contributed by atoms with Gasteiger partial charge in [0.1, 0.15) is 17.7 Å². The van der Waals surface area contributed by atoms with Gasteiger partial charge in [0.2, 0.25) is 0 Å². The van der Waals surface area contributed by atoms with Crippen LogP contribution in [0.5, 0.6) is 0 Å². The van der Waals surface area contributed by atoms with Gasteiger partial charge in [-0.3, -0.25) is 10.1 Å². The lowest BCUT2D eigenvalue weighted by atomic mass is 10.1. The second-order valence-corrected chi connectivity index (χ2v) is 5.24. The highest BCUT2D eigenvalue weighted by atomic mass is 79.9. The molecule has 3 nitrogen and oxygen atoms in total. The molecule has 1 unspecified atom stereocenters. The summed E-state index contributed by atoms with van der Waals surface area (Å²) in [6.07, 6.45) is 0. The third kappa shape index (κ3) is 3.65. The summed E-state index contributed by atoms with van der Waals surface area (Å²) in [5.74, 6) is -2.57. The molecule has 110 valence electrons. The van der Waals surface area contributed by atoms with Crippen LogP contribution in [0.3, 0.4) is 0 Å². The van der Waals surface area contributed by atoms with E-state index in [2.05, 4.69) is 21.2 Å². The Balaban J connectivity index is 2.21. The Labute approximate surface area is 128 Å². The summed E-state index contributed by atoms with van der Waals surface area (Å²) in [5, 5.41) is 11.9. The molecule has 0 amide bonds. The van der Waals surface area contributed by atoms with E-state index >= 15 is 0 Å². The van der Waals surface area contributed by atoms with Crippen molar-refractivity contribution < 1.29 is 18.7 Å². The predicted octanol–water partition coefficient (Wildman–Crippen LogP) is 3.64. The summed E-state index contributed by atoms with van der Waals surface area (Å²) in [7, 11) is 0. The first kappa shape index (κ1) is 15.6. The number of hydrogen-bond donors (Lipinski definition) is 2. The highest BCUT2D eigenvalue weighted by Gasteiger charge is 2.21. The molecule has 0 aliphatic carbocycles. The van der Waals surface area contributed by atoms with Crippen molar-refractivity contribution in [1.82, 2.24) is 5.32 Å².